The zero-order valence-corrected chi connectivity index (χ0v) is 7.95. The molecule has 0 aliphatic rings. The molecule has 0 spiro atoms. The van der Waals surface area contributed by atoms with Gasteiger partial charge in [0.1, 0.15) is 10.7 Å². The van der Waals surface area contributed by atoms with Crippen LogP contribution in [-0.4, -0.2) is 26.2 Å². The van der Waals surface area contributed by atoms with E-state index in [2.05, 4.69) is 19.9 Å². The van der Waals surface area contributed by atoms with Crippen LogP contribution in [0, 0.1) is 0 Å². The number of rotatable bonds is 3. The molecule has 0 saturated carbocycles. The lowest BCUT2D eigenvalue weighted by molar-refractivity contribution is 0.769. The van der Waals surface area contributed by atoms with Crippen molar-refractivity contribution in [3.05, 3.63) is 24.4 Å². The molecule has 0 amide bonds. The Bertz CT molecular complexity index is 366. The Balaban J connectivity index is 2.18. The third-order valence-electron chi connectivity index (χ3n) is 1.67. The number of hydrogen-bond acceptors (Lipinski definition) is 5. The fraction of sp³-hybridized carbons (Fsp3) is 0.286. The first-order chi connectivity index (χ1) is 6.40. The predicted molar refractivity (Wildman–Crippen MR) is 50.8 cm³/mol. The summed E-state index contributed by atoms with van der Waals surface area (Å²) >= 11 is 1.37. The molecule has 5 nitrogen and oxygen atoms in total. The third kappa shape index (κ3) is 1.67. The number of hydrogen-bond donors (Lipinski definition) is 1. The average Bonchev–Trinajstić information content (AvgIpc) is 2.76. The molecule has 6 heteroatoms. The summed E-state index contributed by atoms with van der Waals surface area (Å²) in [5.74, 6) is 0. The maximum absolute atomic E-state index is 4.02. The molecule has 0 aliphatic carbocycles. The van der Waals surface area contributed by atoms with Gasteiger partial charge in [0.2, 0.25) is 0 Å². The van der Waals surface area contributed by atoms with Crippen LogP contribution in [0.1, 0.15) is 5.69 Å². The quantitative estimate of drug-likeness (QED) is 0.788. The SMILES string of the molecule is CNc1snnc1Cn1ccnc1. The predicted octanol–water partition coefficient (Wildman–Crippen LogP) is 0.825. The highest BCUT2D eigenvalue weighted by Gasteiger charge is 2.05. The summed E-state index contributed by atoms with van der Waals surface area (Å²) in [6.45, 7) is 0.715. The van der Waals surface area contributed by atoms with Gasteiger partial charge in [-0.05, 0) is 0 Å². The number of nitrogens with zero attached hydrogens (tertiary/aromatic N) is 4. The van der Waals surface area contributed by atoms with Crippen molar-refractivity contribution in [2.24, 2.45) is 0 Å². The first kappa shape index (κ1) is 8.18. The van der Waals surface area contributed by atoms with Gasteiger partial charge in [0.25, 0.3) is 0 Å². The van der Waals surface area contributed by atoms with Gasteiger partial charge in [-0.15, -0.1) is 5.10 Å². The fourth-order valence-corrected chi connectivity index (χ4v) is 1.58. The molecule has 0 saturated heterocycles. The maximum atomic E-state index is 4.02. The second kappa shape index (κ2) is 3.53. The van der Waals surface area contributed by atoms with Crippen molar-refractivity contribution < 1.29 is 0 Å². The van der Waals surface area contributed by atoms with Gasteiger partial charge in [0.05, 0.1) is 12.9 Å². The zero-order valence-electron chi connectivity index (χ0n) is 7.14. The largest absolute Gasteiger partial charge is 0.377 e. The Morgan fingerprint density at radius 3 is 3.23 bits per heavy atom. The summed E-state index contributed by atoms with van der Waals surface area (Å²) in [6.07, 6.45) is 5.41. The Hall–Kier alpha value is -1.43. The van der Waals surface area contributed by atoms with Crippen LogP contribution in [0.5, 0.6) is 0 Å². The van der Waals surface area contributed by atoms with Crippen LogP contribution in [0.4, 0.5) is 5.00 Å². The Morgan fingerprint density at radius 1 is 1.62 bits per heavy atom. The zero-order chi connectivity index (χ0) is 9.10. The van der Waals surface area contributed by atoms with Crippen molar-refractivity contribution in [3.63, 3.8) is 0 Å². The van der Waals surface area contributed by atoms with Gasteiger partial charge in [-0.2, -0.15) is 0 Å². The van der Waals surface area contributed by atoms with Crippen LogP contribution >= 0.6 is 11.5 Å². The molecule has 0 bridgehead atoms. The summed E-state index contributed by atoms with van der Waals surface area (Å²) in [6, 6.07) is 0. The molecule has 68 valence electrons. The van der Waals surface area contributed by atoms with Gasteiger partial charge < -0.3 is 9.88 Å². The molecule has 0 unspecified atom stereocenters. The first-order valence-corrected chi connectivity index (χ1v) is 4.62. The van der Waals surface area contributed by atoms with E-state index in [4.69, 9.17) is 0 Å². The summed E-state index contributed by atoms with van der Waals surface area (Å²) < 4.78 is 5.82. The smallest absolute Gasteiger partial charge is 0.134 e. The van der Waals surface area contributed by atoms with Crippen molar-refractivity contribution in [2.45, 2.75) is 6.54 Å². The summed E-state index contributed by atoms with van der Waals surface area (Å²) in [7, 11) is 1.87. The van der Waals surface area contributed by atoms with Crippen molar-refractivity contribution in [3.8, 4) is 0 Å². The Kier molecular flexibility index (Phi) is 2.22. The standard InChI is InChI=1S/C7H9N5S/c1-8-7-6(10-11-13-7)4-12-3-2-9-5-12/h2-3,5,8H,4H2,1H3. The molecular formula is C7H9N5S. The van der Waals surface area contributed by atoms with Crippen LogP contribution in [-0.2, 0) is 6.54 Å². The van der Waals surface area contributed by atoms with Crippen LogP contribution in [0.3, 0.4) is 0 Å². The van der Waals surface area contributed by atoms with E-state index in [0.29, 0.717) is 6.54 Å². The van der Waals surface area contributed by atoms with Gasteiger partial charge in [0, 0.05) is 31.0 Å². The summed E-state index contributed by atoms with van der Waals surface area (Å²) in [4.78, 5) is 3.96. The third-order valence-corrected chi connectivity index (χ3v) is 2.46. The molecule has 2 aromatic heterocycles. The second-order valence-electron chi connectivity index (χ2n) is 2.53. The van der Waals surface area contributed by atoms with E-state index in [9.17, 15) is 0 Å². The van der Waals surface area contributed by atoms with Crippen LogP contribution in [0.25, 0.3) is 0 Å². The molecule has 2 aromatic rings. The van der Waals surface area contributed by atoms with Crippen molar-refractivity contribution >= 4 is 16.5 Å². The van der Waals surface area contributed by atoms with E-state index in [-0.39, 0.29) is 0 Å². The molecule has 13 heavy (non-hydrogen) atoms. The normalized spacial score (nSPS) is 10.2. The molecule has 2 heterocycles. The second-order valence-corrected chi connectivity index (χ2v) is 3.29. The van der Waals surface area contributed by atoms with E-state index in [1.807, 2.05) is 17.8 Å². The molecule has 0 atom stereocenters. The number of imidazole rings is 1. The summed E-state index contributed by atoms with van der Waals surface area (Å²) in [5.41, 5.74) is 0.950. The topological polar surface area (TPSA) is 55.6 Å². The number of aromatic nitrogens is 4. The van der Waals surface area contributed by atoms with E-state index in [0.717, 1.165) is 10.7 Å². The van der Waals surface area contributed by atoms with Crippen LogP contribution < -0.4 is 5.32 Å². The highest BCUT2D eigenvalue weighted by atomic mass is 32.1. The lowest BCUT2D eigenvalue weighted by Crippen LogP contribution is -2.00. The molecule has 0 aromatic carbocycles. The van der Waals surface area contributed by atoms with E-state index in [1.165, 1.54) is 11.5 Å². The number of anilines is 1. The minimum Gasteiger partial charge on any atom is -0.377 e. The molecule has 0 aliphatic heterocycles. The highest BCUT2D eigenvalue weighted by Crippen LogP contribution is 2.17. The molecule has 2 rings (SSSR count). The van der Waals surface area contributed by atoms with Gasteiger partial charge in [-0.3, -0.25) is 0 Å². The fourth-order valence-electron chi connectivity index (χ4n) is 1.06. The van der Waals surface area contributed by atoms with Crippen molar-refractivity contribution in [1.29, 1.82) is 0 Å². The van der Waals surface area contributed by atoms with Gasteiger partial charge in [-0.25, -0.2) is 4.98 Å². The molecule has 0 fully saturated rings. The summed E-state index contributed by atoms with van der Waals surface area (Å²) in [5, 5.41) is 8.08. The molecular weight excluding hydrogens is 186 g/mol. The minimum absolute atomic E-state index is 0.715. The van der Waals surface area contributed by atoms with Crippen molar-refractivity contribution in [2.75, 3.05) is 12.4 Å². The van der Waals surface area contributed by atoms with E-state index in [1.54, 1.807) is 12.5 Å². The van der Waals surface area contributed by atoms with Crippen LogP contribution in [0.2, 0.25) is 0 Å². The molecule has 1 N–H and O–H groups in total. The van der Waals surface area contributed by atoms with E-state index >= 15 is 0 Å². The van der Waals surface area contributed by atoms with Crippen molar-refractivity contribution in [1.82, 2.24) is 19.1 Å². The van der Waals surface area contributed by atoms with E-state index < -0.39 is 0 Å². The van der Waals surface area contributed by atoms with Gasteiger partial charge >= 0.3 is 0 Å². The monoisotopic (exact) mass is 195 g/mol. The minimum atomic E-state index is 0.715. The maximum Gasteiger partial charge on any atom is 0.134 e. The molecule has 0 radical (unpaired) electrons. The lowest BCUT2D eigenvalue weighted by atomic mass is 10.4. The highest BCUT2D eigenvalue weighted by molar-refractivity contribution is 7.10. The lowest BCUT2D eigenvalue weighted by Gasteiger charge is -1.99. The van der Waals surface area contributed by atoms with Crippen LogP contribution in [0.15, 0.2) is 18.7 Å². The Morgan fingerprint density at radius 2 is 2.54 bits per heavy atom. The first-order valence-electron chi connectivity index (χ1n) is 3.85. The average molecular weight is 195 g/mol. The van der Waals surface area contributed by atoms with Gasteiger partial charge in [-0.1, -0.05) is 4.49 Å². The van der Waals surface area contributed by atoms with Gasteiger partial charge in [0.15, 0.2) is 0 Å². The number of nitrogens with one attached hydrogen (secondary N) is 1. The Labute approximate surface area is 79.6 Å².